The Balaban J connectivity index is 1.82. The van der Waals surface area contributed by atoms with E-state index in [-0.39, 0.29) is 11.7 Å². The van der Waals surface area contributed by atoms with E-state index in [9.17, 15) is 18.0 Å². The van der Waals surface area contributed by atoms with Gasteiger partial charge in [0.15, 0.2) is 5.78 Å². The maximum Gasteiger partial charge on any atom is 0.416 e. The van der Waals surface area contributed by atoms with Gasteiger partial charge in [0.05, 0.1) is 23.6 Å². The van der Waals surface area contributed by atoms with Gasteiger partial charge in [0.2, 0.25) is 0 Å². The van der Waals surface area contributed by atoms with E-state index in [1.54, 1.807) is 13.1 Å². The highest BCUT2D eigenvalue weighted by Crippen LogP contribution is 2.33. The van der Waals surface area contributed by atoms with Crippen LogP contribution in [0.4, 0.5) is 13.2 Å². The van der Waals surface area contributed by atoms with Crippen LogP contribution in [0.1, 0.15) is 35.7 Å². The van der Waals surface area contributed by atoms with Crippen molar-refractivity contribution in [3.05, 3.63) is 71.8 Å². The van der Waals surface area contributed by atoms with Crippen molar-refractivity contribution in [3.8, 4) is 11.1 Å². The molecule has 0 aromatic heterocycles. The number of alkyl halides is 3. The number of amidine groups is 1. The van der Waals surface area contributed by atoms with Gasteiger partial charge in [-0.25, -0.2) is 0 Å². The predicted octanol–water partition coefficient (Wildman–Crippen LogP) is 4.56. The number of nitrogens with two attached hydrogens (primary N) is 1. The lowest BCUT2D eigenvalue weighted by Gasteiger charge is -2.11. The molecule has 0 saturated heterocycles. The van der Waals surface area contributed by atoms with E-state index in [2.05, 4.69) is 15.3 Å². The van der Waals surface area contributed by atoms with Crippen LogP contribution in [0.15, 0.2) is 70.9 Å². The maximum atomic E-state index is 12.9. The molecule has 166 valence electrons. The van der Waals surface area contributed by atoms with Crippen molar-refractivity contribution >= 4 is 22.4 Å². The summed E-state index contributed by atoms with van der Waals surface area (Å²) in [6.07, 6.45) is -3.50. The molecule has 0 aliphatic heterocycles. The quantitative estimate of drug-likeness (QED) is 0.147. The Bertz CT molecular complexity index is 1170. The Morgan fingerprint density at radius 3 is 2.44 bits per heavy atom. The lowest BCUT2D eigenvalue weighted by molar-refractivity contribution is -0.473. The summed E-state index contributed by atoms with van der Waals surface area (Å²) >= 11 is 0. The highest BCUT2D eigenvalue weighted by molar-refractivity contribution is 6.03. The summed E-state index contributed by atoms with van der Waals surface area (Å²) in [6, 6.07) is 16.0. The first-order chi connectivity index (χ1) is 15.2. The lowest BCUT2D eigenvalue weighted by atomic mass is 9.94. The van der Waals surface area contributed by atoms with Crippen LogP contribution in [0.25, 0.3) is 21.9 Å². The molecule has 0 aliphatic carbocycles. The SMILES string of the molecule is CN=N/C(=[NH+]\N)[C@H](C)CCC(=O)c1ccc2c(-c3ccc(C(F)(F)F)cc3)cccc2c1. The van der Waals surface area contributed by atoms with Gasteiger partial charge < -0.3 is 0 Å². The molecular formula is C24H24F3N4O+. The van der Waals surface area contributed by atoms with Crippen molar-refractivity contribution in [3.63, 3.8) is 0 Å². The monoisotopic (exact) mass is 441 g/mol. The molecule has 5 nitrogen and oxygen atoms in total. The van der Waals surface area contributed by atoms with E-state index >= 15 is 0 Å². The Morgan fingerprint density at radius 2 is 1.81 bits per heavy atom. The van der Waals surface area contributed by atoms with Gasteiger partial charge in [-0.05, 0) is 46.5 Å². The van der Waals surface area contributed by atoms with Crippen LogP contribution in [0.5, 0.6) is 0 Å². The number of hydrogen-bond donors (Lipinski definition) is 2. The van der Waals surface area contributed by atoms with Gasteiger partial charge in [-0.1, -0.05) is 54.5 Å². The number of carbonyl (C=O) groups is 1. The molecule has 0 bridgehead atoms. The normalized spacial score (nSPS) is 13.6. The molecule has 1 atom stereocenters. The summed E-state index contributed by atoms with van der Waals surface area (Å²) in [5, 5.41) is 11.8. The minimum absolute atomic E-state index is 0.0107. The van der Waals surface area contributed by atoms with E-state index in [1.165, 1.54) is 12.1 Å². The topological polar surface area (TPSA) is 81.8 Å². The van der Waals surface area contributed by atoms with Crippen LogP contribution in [0.2, 0.25) is 0 Å². The second-order valence-corrected chi connectivity index (χ2v) is 7.51. The summed E-state index contributed by atoms with van der Waals surface area (Å²) in [6.45, 7) is 1.91. The number of rotatable bonds is 6. The summed E-state index contributed by atoms with van der Waals surface area (Å²) in [5.74, 6) is 5.90. The molecule has 3 aromatic carbocycles. The van der Waals surface area contributed by atoms with Crippen molar-refractivity contribution in [1.29, 1.82) is 0 Å². The van der Waals surface area contributed by atoms with Crippen LogP contribution < -0.4 is 10.9 Å². The van der Waals surface area contributed by atoms with Crippen LogP contribution in [-0.4, -0.2) is 18.7 Å². The fourth-order valence-electron chi connectivity index (χ4n) is 3.55. The average Bonchev–Trinajstić information content (AvgIpc) is 2.79. The number of ketones is 1. The van der Waals surface area contributed by atoms with Crippen LogP contribution in [0, 0.1) is 5.92 Å². The van der Waals surface area contributed by atoms with Gasteiger partial charge >= 0.3 is 12.0 Å². The van der Waals surface area contributed by atoms with Gasteiger partial charge in [0.1, 0.15) is 0 Å². The Labute approximate surface area is 183 Å². The average molecular weight is 441 g/mol. The zero-order chi connectivity index (χ0) is 23.3. The molecule has 32 heavy (non-hydrogen) atoms. The molecule has 8 heteroatoms. The van der Waals surface area contributed by atoms with Crippen molar-refractivity contribution in [2.24, 2.45) is 22.0 Å². The molecule has 0 saturated carbocycles. The number of carbonyl (C=O) groups excluding carboxylic acids is 1. The Hall–Kier alpha value is -3.55. The maximum absolute atomic E-state index is 12.9. The van der Waals surface area contributed by atoms with Crippen LogP contribution >= 0.6 is 0 Å². The Morgan fingerprint density at radius 1 is 1.09 bits per heavy atom. The number of azo groups is 1. The number of hydrazine groups is 1. The van der Waals surface area contributed by atoms with Gasteiger partial charge in [-0.2, -0.15) is 18.3 Å². The van der Waals surface area contributed by atoms with E-state index in [4.69, 9.17) is 5.84 Å². The largest absolute Gasteiger partial charge is 0.416 e. The summed E-state index contributed by atoms with van der Waals surface area (Å²) in [7, 11) is 1.54. The van der Waals surface area contributed by atoms with E-state index in [1.807, 2.05) is 37.3 Å². The van der Waals surface area contributed by atoms with Gasteiger partial charge in [0, 0.05) is 12.0 Å². The second-order valence-electron chi connectivity index (χ2n) is 7.51. The Kier molecular flexibility index (Phi) is 7.02. The number of Topliss-reactive ketones (excluding diaryl/α,β-unsaturated/α-hetero) is 1. The molecule has 0 radical (unpaired) electrons. The van der Waals surface area contributed by atoms with E-state index in [0.717, 1.165) is 28.5 Å². The van der Waals surface area contributed by atoms with Crippen LogP contribution in [0.3, 0.4) is 0 Å². The fraction of sp³-hybridized carbons (Fsp3) is 0.250. The second kappa shape index (κ2) is 9.72. The van der Waals surface area contributed by atoms with Gasteiger partial charge in [-0.3, -0.25) is 10.6 Å². The van der Waals surface area contributed by atoms with Crippen molar-refractivity contribution in [1.82, 2.24) is 0 Å². The van der Waals surface area contributed by atoms with E-state index in [0.29, 0.717) is 29.8 Å². The molecule has 0 amide bonds. The highest BCUT2D eigenvalue weighted by Gasteiger charge is 2.30. The number of hydrazone groups is 1. The zero-order valence-electron chi connectivity index (χ0n) is 17.8. The molecule has 0 aliphatic rings. The third-order valence-corrected chi connectivity index (χ3v) is 5.35. The molecule has 0 fully saturated rings. The van der Waals surface area contributed by atoms with Crippen LogP contribution in [-0.2, 0) is 6.18 Å². The summed E-state index contributed by atoms with van der Waals surface area (Å²) in [5.41, 5.74) is 1.38. The molecule has 0 heterocycles. The molecular weight excluding hydrogens is 417 g/mol. The third kappa shape index (κ3) is 5.19. The molecule has 0 unspecified atom stereocenters. The summed E-state index contributed by atoms with van der Waals surface area (Å²) < 4.78 is 38.6. The number of halogens is 3. The first kappa shape index (κ1) is 23.1. The van der Waals surface area contributed by atoms with Crippen molar-refractivity contribution in [2.45, 2.75) is 25.9 Å². The smallest absolute Gasteiger partial charge is 0.294 e. The predicted molar refractivity (Wildman–Crippen MR) is 118 cm³/mol. The standard InChI is InChI=1S/C24H23F3N4O/c1-15(23(30-28)31-29-2)6-13-22(32)18-9-12-21-17(14-18)4-3-5-20(21)16-7-10-19(11-8-16)24(25,26)27/h3-5,7-12,14-15H,6,13,28H2,1-2H3/p+1/b30-23-,31-29?/t15-/m1/s1. The molecule has 3 rings (SSSR count). The lowest BCUT2D eigenvalue weighted by Crippen LogP contribution is -2.81. The number of nitrogens with zero attached hydrogens (tertiary/aromatic N) is 2. The van der Waals surface area contributed by atoms with Gasteiger partial charge in [0.25, 0.3) is 0 Å². The number of benzene rings is 3. The molecule has 0 spiro atoms. The third-order valence-electron chi connectivity index (χ3n) is 5.35. The highest BCUT2D eigenvalue weighted by atomic mass is 19.4. The van der Waals surface area contributed by atoms with Gasteiger partial charge in [-0.15, -0.1) is 0 Å². The molecule has 3 N–H and O–H groups in total. The number of fused-ring (bicyclic) bond motifs is 1. The summed E-state index contributed by atoms with van der Waals surface area (Å²) in [4.78, 5) is 12.7. The molecule has 3 aromatic rings. The first-order valence-electron chi connectivity index (χ1n) is 10.1. The fourth-order valence-corrected chi connectivity index (χ4v) is 3.55. The minimum Gasteiger partial charge on any atom is -0.294 e. The van der Waals surface area contributed by atoms with E-state index < -0.39 is 11.7 Å². The number of nitrogens with one attached hydrogen (secondary N) is 1. The number of hydrogen-bond acceptors (Lipinski definition) is 3. The first-order valence-corrected chi connectivity index (χ1v) is 10.1. The van der Waals surface area contributed by atoms with Crippen molar-refractivity contribution in [2.75, 3.05) is 7.05 Å². The zero-order valence-corrected chi connectivity index (χ0v) is 17.8. The minimum atomic E-state index is -4.37. The van der Waals surface area contributed by atoms with Crippen molar-refractivity contribution < 1.29 is 23.1 Å².